The Bertz CT molecular complexity index is 1100. The van der Waals surface area contributed by atoms with Gasteiger partial charge in [0, 0.05) is 17.1 Å². The van der Waals surface area contributed by atoms with Crippen LogP contribution in [0.15, 0.2) is 65.6 Å². The summed E-state index contributed by atoms with van der Waals surface area (Å²) < 4.78 is 46.3. The summed E-state index contributed by atoms with van der Waals surface area (Å²) in [6.45, 7) is 0.0613. The van der Waals surface area contributed by atoms with Gasteiger partial charge in [-0.25, -0.2) is 17.5 Å². The average Bonchev–Trinajstić information content (AvgIpc) is 2.68. The first-order valence-corrected chi connectivity index (χ1v) is 10.4. The zero-order chi connectivity index (χ0) is 20.3. The number of benzene rings is 3. The van der Waals surface area contributed by atoms with Crippen LogP contribution in [-0.4, -0.2) is 15.5 Å². The molecule has 3 aromatic rings. The summed E-state index contributed by atoms with van der Waals surface area (Å²) in [5, 5.41) is 0.364. The number of hydrogen-bond donors (Lipinski definition) is 1. The van der Waals surface area contributed by atoms with Crippen LogP contribution in [0.25, 0.3) is 11.1 Å². The zero-order valence-corrected chi connectivity index (χ0v) is 17.1. The van der Waals surface area contributed by atoms with Gasteiger partial charge in [0.25, 0.3) is 0 Å². The van der Waals surface area contributed by atoms with Gasteiger partial charge in [-0.3, -0.25) is 0 Å². The van der Waals surface area contributed by atoms with Gasteiger partial charge in [-0.1, -0.05) is 47.5 Å². The van der Waals surface area contributed by atoms with Gasteiger partial charge >= 0.3 is 0 Å². The van der Waals surface area contributed by atoms with Crippen LogP contribution in [0.3, 0.4) is 0 Å². The molecule has 3 rings (SSSR count). The molecule has 28 heavy (non-hydrogen) atoms. The molecule has 0 bridgehead atoms. The standard InChI is InChI=1S/C20H16Cl2FNO3S/c1-27-19-9-7-16(23)11-17(19)14-4-2-13(3-5-14)12-24-28(25,26)20-10-15(21)6-8-18(20)22/h2-11,24H,12H2,1H3. The minimum atomic E-state index is -3.83. The van der Waals surface area contributed by atoms with Crippen LogP contribution in [-0.2, 0) is 16.6 Å². The van der Waals surface area contributed by atoms with Crippen LogP contribution >= 0.6 is 23.2 Å². The molecule has 0 atom stereocenters. The van der Waals surface area contributed by atoms with Crippen LogP contribution in [0.2, 0.25) is 10.0 Å². The third-order valence-corrected chi connectivity index (χ3v) is 6.19. The van der Waals surface area contributed by atoms with Gasteiger partial charge in [-0.05, 0) is 47.5 Å². The first-order valence-electron chi connectivity index (χ1n) is 8.18. The molecule has 4 nitrogen and oxygen atoms in total. The maximum atomic E-state index is 13.6. The Morgan fingerprint density at radius 1 is 1.00 bits per heavy atom. The van der Waals surface area contributed by atoms with E-state index >= 15 is 0 Å². The highest BCUT2D eigenvalue weighted by molar-refractivity contribution is 7.89. The van der Waals surface area contributed by atoms with Crippen LogP contribution in [0.4, 0.5) is 4.39 Å². The number of rotatable bonds is 6. The monoisotopic (exact) mass is 439 g/mol. The van der Waals surface area contributed by atoms with E-state index in [1.807, 2.05) is 0 Å². The van der Waals surface area contributed by atoms with Gasteiger partial charge < -0.3 is 4.74 Å². The lowest BCUT2D eigenvalue weighted by Gasteiger charge is -2.11. The fourth-order valence-corrected chi connectivity index (χ4v) is 4.43. The van der Waals surface area contributed by atoms with E-state index < -0.39 is 10.0 Å². The molecule has 0 aromatic heterocycles. The molecule has 0 heterocycles. The van der Waals surface area contributed by atoms with Crippen molar-refractivity contribution in [1.82, 2.24) is 4.72 Å². The molecule has 0 unspecified atom stereocenters. The Hall–Kier alpha value is -2.12. The van der Waals surface area contributed by atoms with Crippen LogP contribution in [0.1, 0.15) is 5.56 Å². The van der Waals surface area contributed by atoms with Crippen LogP contribution in [0.5, 0.6) is 5.75 Å². The molecular formula is C20H16Cl2FNO3S. The number of hydrogen-bond acceptors (Lipinski definition) is 3. The highest BCUT2D eigenvalue weighted by Crippen LogP contribution is 2.31. The number of sulfonamides is 1. The van der Waals surface area contributed by atoms with E-state index in [4.69, 9.17) is 27.9 Å². The molecule has 1 N–H and O–H groups in total. The molecule has 0 saturated heterocycles. The Labute approximate surface area is 172 Å². The van der Waals surface area contributed by atoms with E-state index in [2.05, 4.69) is 4.72 Å². The van der Waals surface area contributed by atoms with Crippen molar-refractivity contribution in [3.05, 3.63) is 82.1 Å². The van der Waals surface area contributed by atoms with E-state index in [9.17, 15) is 12.8 Å². The third kappa shape index (κ3) is 4.64. The van der Waals surface area contributed by atoms with Crippen molar-refractivity contribution in [2.24, 2.45) is 0 Å². The van der Waals surface area contributed by atoms with Crippen molar-refractivity contribution in [1.29, 1.82) is 0 Å². The lowest BCUT2D eigenvalue weighted by atomic mass is 10.0. The Kier molecular flexibility index (Phi) is 6.25. The fourth-order valence-electron chi connectivity index (χ4n) is 2.65. The van der Waals surface area contributed by atoms with E-state index in [0.29, 0.717) is 11.3 Å². The third-order valence-electron chi connectivity index (χ3n) is 4.08. The zero-order valence-electron chi connectivity index (χ0n) is 14.7. The molecule has 8 heteroatoms. The highest BCUT2D eigenvalue weighted by atomic mass is 35.5. The topological polar surface area (TPSA) is 55.4 Å². The average molecular weight is 440 g/mol. The predicted molar refractivity (Wildman–Crippen MR) is 109 cm³/mol. The van der Waals surface area contributed by atoms with Gasteiger partial charge in [0.2, 0.25) is 10.0 Å². The second kappa shape index (κ2) is 8.49. The molecule has 0 amide bonds. The quantitative estimate of drug-likeness (QED) is 0.567. The Balaban J connectivity index is 1.78. The van der Waals surface area contributed by atoms with Crippen LogP contribution in [0, 0.1) is 5.82 Å². The van der Waals surface area contributed by atoms with E-state index in [0.717, 1.165) is 11.1 Å². The summed E-state index contributed by atoms with van der Waals surface area (Å²) in [7, 11) is -2.31. The largest absolute Gasteiger partial charge is 0.496 e. The number of methoxy groups -OCH3 is 1. The summed E-state index contributed by atoms with van der Waals surface area (Å²) in [6.07, 6.45) is 0. The van der Waals surface area contributed by atoms with Crippen molar-refractivity contribution < 1.29 is 17.5 Å². The number of ether oxygens (including phenoxy) is 1. The molecule has 0 saturated carbocycles. The molecule has 0 aliphatic carbocycles. The molecule has 0 radical (unpaired) electrons. The maximum absolute atomic E-state index is 13.6. The van der Waals surface area contributed by atoms with Crippen molar-refractivity contribution in [2.45, 2.75) is 11.4 Å². The van der Waals surface area contributed by atoms with Gasteiger partial charge in [-0.2, -0.15) is 0 Å². The molecule has 0 aliphatic heterocycles. The minimum absolute atomic E-state index is 0.0613. The summed E-state index contributed by atoms with van der Waals surface area (Å²) in [5.41, 5.74) is 2.09. The van der Waals surface area contributed by atoms with E-state index in [1.165, 1.54) is 37.4 Å². The maximum Gasteiger partial charge on any atom is 0.242 e. The highest BCUT2D eigenvalue weighted by Gasteiger charge is 2.18. The minimum Gasteiger partial charge on any atom is -0.496 e. The first-order chi connectivity index (χ1) is 13.3. The second-order valence-corrected chi connectivity index (χ2v) is 8.52. The summed E-state index contributed by atoms with van der Waals surface area (Å²) in [5.74, 6) is 0.177. The molecule has 0 spiro atoms. The van der Waals surface area contributed by atoms with Crippen molar-refractivity contribution in [3.63, 3.8) is 0 Å². The Morgan fingerprint density at radius 2 is 1.71 bits per heavy atom. The molecular weight excluding hydrogens is 424 g/mol. The molecule has 3 aromatic carbocycles. The van der Waals surface area contributed by atoms with Crippen molar-refractivity contribution in [3.8, 4) is 16.9 Å². The normalized spacial score (nSPS) is 11.4. The Morgan fingerprint density at radius 3 is 2.39 bits per heavy atom. The van der Waals surface area contributed by atoms with Crippen LogP contribution < -0.4 is 9.46 Å². The lowest BCUT2D eigenvalue weighted by Crippen LogP contribution is -2.23. The molecule has 0 aliphatic rings. The molecule has 146 valence electrons. The predicted octanol–water partition coefficient (Wildman–Crippen LogP) is 5.29. The number of halogens is 3. The summed E-state index contributed by atoms with van der Waals surface area (Å²) >= 11 is 11.8. The van der Waals surface area contributed by atoms with Crippen molar-refractivity contribution in [2.75, 3.05) is 7.11 Å². The van der Waals surface area contributed by atoms with E-state index in [1.54, 1.807) is 30.3 Å². The SMILES string of the molecule is COc1ccc(F)cc1-c1ccc(CNS(=O)(=O)c2cc(Cl)ccc2Cl)cc1. The lowest BCUT2D eigenvalue weighted by molar-refractivity contribution is 0.415. The first kappa shape index (κ1) is 20.6. The second-order valence-electron chi connectivity index (χ2n) is 5.94. The van der Waals surface area contributed by atoms with Crippen molar-refractivity contribution >= 4 is 33.2 Å². The molecule has 0 fully saturated rings. The van der Waals surface area contributed by atoms with Gasteiger partial charge in [0.05, 0.1) is 12.1 Å². The summed E-state index contributed by atoms with van der Waals surface area (Å²) in [6, 6.07) is 15.6. The smallest absolute Gasteiger partial charge is 0.242 e. The van der Waals surface area contributed by atoms with E-state index in [-0.39, 0.29) is 27.3 Å². The van der Waals surface area contributed by atoms with Gasteiger partial charge in [-0.15, -0.1) is 0 Å². The fraction of sp³-hybridized carbons (Fsp3) is 0.100. The number of nitrogens with one attached hydrogen (secondary N) is 1. The summed E-state index contributed by atoms with van der Waals surface area (Å²) in [4.78, 5) is -0.0808. The van der Waals surface area contributed by atoms with Gasteiger partial charge in [0.15, 0.2) is 0 Å². The van der Waals surface area contributed by atoms with Gasteiger partial charge in [0.1, 0.15) is 16.5 Å².